The van der Waals surface area contributed by atoms with Crippen LogP contribution in [-0.4, -0.2) is 25.0 Å². The van der Waals surface area contributed by atoms with Crippen LogP contribution in [0.25, 0.3) is 38.7 Å². The van der Waals surface area contributed by atoms with Crippen molar-refractivity contribution in [3.63, 3.8) is 0 Å². The van der Waals surface area contributed by atoms with Gasteiger partial charge in [0.25, 0.3) is 0 Å². The van der Waals surface area contributed by atoms with Gasteiger partial charge in [0, 0.05) is 52.3 Å². The Morgan fingerprint density at radius 1 is 1.00 bits per heavy atom. The van der Waals surface area contributed by atoms with Crippen LogP contribution >= 0.6 is 0 Å². The molecular formula is C26H27N5. The summed E-state index contributed by atoms with van der Waals surface area (Å²) >= 11 is 0. The summed E-state index contributed by atoms with van der Waals surface area (Å²) in [6.45, 7) is 3.17. The van der Waals surface area contributed by atoms with Crippen molar-refractivity contribution in [2.24, 2.45) is 0 Å². The first-order valence-electron chi connectivity index (χ1n) is 11.4. The Bertz CT molecular complexity index is 1390. The molecule has 0 spiro atoms. The Balaban J connectivity index is 1.54. The average Bonchev–Trinajstić information content (AvgIpc) is 3.35. The highest BCUT2D eigenvalue weighted by Gasteiger charge is 2.20. The fraction of sp³-hybridized carbons (Fsp3) is 0.308. The lowest BCUT2D eigenvalue weighted by Crippen LogP contribution is -2.23. The van der Waals surface area contributed by atoms with Gasteiger partial charge >= 0.3 is 0 Å². The van der Waals surface area contributed by atoms with Crippen molar-refractivity contribution in [3.8, 4) is 11.3 Å². The van der Waals surface area contributed by atoms with Crippen LogP contribution < -0.4 is 5.32 Å². The van der Waals surface area contributed by atoms with Gasteiger partial charge in [-0.1, -0.05) is 43.5 Å². The van der Waals surface area contributed by atoms with E-state index in [4.69, 9.17) is 4.98 Å². The van der Waals surface area contributed by atoms with E-state index in [1.54, 1.807) is 0 Å². The van der Waals surface area contributed by atoms with E-state index in [0.29, 0.717) is 6.04 Å². The van der Waals surface area contributed by atoms with Crippen LogP contribution in [0.5, 0.6) is 0 Å². The molecule has 0 saturated heterocycles. The van der Waals surface area contributed by atoms with Gasteiger partial charge in [-0.3, -0.25) is 9.38 Å². The summed E-state index contributed by atoms with van der Waals surface area (Å²) in [5, 5.41) is 6.43. The van der Waals surface area contributed by atoms with Crippen LogP contribution in [0.4, 0.5) is 5.82 Å². The Hall–Kier alpha value is -3.34. The number of fused-ring (bicyclic) bond motifs is 4. The molecule has 5 aromatic rings. The highest BCUT2D eigenvalue weighted by molar-refractivity contribution is 6.09. The Morgan fingerprint density at radius 2 is 1.84 bits per heavy atom. The second-order valence-corrected chi connectivity index (χ2v) is 8.59. The number of nitrogens with one attached hydrogen (secondary N) is 1. The van der Waals surface area contributed by atoms with Gasteiger partial charge < -0.3 is 9.88 Å². The molecule has 1 aliphatic carbocycles. The molecule has 156 valence electrons. The van der Waals surface area contributed by atoms with Crippen molar-refractivity contribution >= 4 is 33.3 Å². The number of para-hydroxylation sites is 1. The maximum Gasteiger partial charge on any atom is 0.157 e. The normalized spacial score (nSPS) is 15.3. The van der Waals surface area contributed by atoms with Crippen LogP contribution in [0, 0.1) is 0 Å². The molecule has 5 nitrogen and oxygen atoms in total. The number of anilines is 1. The lowest BCUT2D eigenvalue weighted by atomic mass is 9.95. The molecule has 3 heterocycles. The van der Waals surface area contributed by atoms with Crippen molar-refractivity contribution in [1.29, 1.82) is 0 Å². The Labute approximate surface area is 181 Å². The molecule has 2 aromatic carbocycles. The molecule has 1 N–H and O–H groups in total. The van der Waals surface area contributed by atoms with E-state index in [2.05, 4.69) is 68.7 Å². The van der Waals surface area contributed by atoms with Gasteiger partial charge in [0.1, 0.15) is 11.5 Å². The number of hydrogen-bond acceptors (Lipinski definition) is 3. The molecule has 0 aliphatic heterocycles. The van der Waals surface area contributed by atoms with Gasteiger partial charge in [0.2, 0.25) is 0 Å². The van der Waals surface area contributed by atoms with Crippen LogP contribution in [0.3, 0.4) is 0 Å². The van der Waals surface area contributed by atoms with Gasteiger partial charge in [-0.15, -0.1) is 0 Å². The lowest BCUT2D eigenvalue weighted by molar-refractivity contribution is 0.461. The molecule has 1 fully saturated rings. The zero-order valence-electron chi connectivity index (χ0n) is 17.9. The quantitative estimate of drug-likeness (QED) is 0.381. The Morgan fingerprint density at radius 3 is 2.71 bits per heavy atom. The molecule has 1 aliphatic rings. The topological polar surface area (TPSA) is 47.2 Å². The molecule has 0 unspecified atom stereocenters. The number of benzene rings is 2. The highest BCUT2D eigenvalue weighted by atomic mass is 15.2. The van der Waals surface area contributed by atoms with Gasteiger partial charge in [-0.05, 0) is 38.0 Å². The number of rotatable bonds is 4. The summed E-state index contributed by atoms with van der Waals surface area (Å²) in [6.07, 6.45) is 12.1. The van der Waals surface area contributed by atoms with E-state index < -0.39 is 0 Å². The third-order valence-electron chi connectivity index (χ3n) is 6.74. The van der Waals surface area contributed by atoms with E-state index in [9.17, 15) is 0 Å². The third kappa shape index (κ3) is 2.99. The standard InChI is InChI=1S/C26H27N5/c1-2-30-22-11-7-6-10-20(22)21-16-18(12-13-23(21)30)25-26(28-19-8-4-3-5-9-19)31-15-14-27-17-24(31)29-25/h6-7,10-17,19,28H,2-5,8-9H2,1H3. The summed E-state index contributed by atoms with van der Waals surface area (Å²) in [5.74, 6) is 1.09. The zero-order valence-corrected chi connectivity index (χ0v) is 17.9. The van der Waals surface area contributed by atoms with Gasteiger partial charge in [0.05, 0.1) is 6.20 Å². The summed E-state index contributed by atoms with van der Waals surface area (Å²) in [4.78, 5) is 9.29. The number of imidazole rings is 1. The molecule has 5 heteroatoms. The van der Waals surface area contributed by atoms with E-state index in [0.717, 1.165) is 29.3 Å². The molecule has 0 atom stereocenters. The van der Waals surface area contributed by atoms with Crippen molar-refractivity contribution in [3.05, 3.63) is 61.1 Å². The minimum atomic E-state index is 0.506. The van der Waals surface area contributed by atoms with Gasteiger partial charge in [-0.25, -0.2) is 4.98 Å². The van der Waals surface area contributed by atoms with Crippen molar-refractivity contribution in [2.75, 3.05) is 5.32 Å². The first kappa shape index (κ1) is 18.4. The van der Waals surface area contributed by atoms with E-state index in [1.165, 1.54) is 53.9 Å². The number of aryl methyl sites for hydroxylation is 1. The third-order valence-corrected chi connectivity index (χ3v) is 6.74. The number of hydrogen-bond donors (Lipinski definition) is 1. The minimum absolute atomic E-state index is 0.506. The maximum atomic E-state index is 4.99. The zero-order chi connectivity index (χ0) is 20.8. The predicted octanol–water partition coefficient (Wildman–Crippen LogP) is 6.27. The average molecular weight is 410 g/mol. The van der Waals surface area contributed by atoms with Crippen molar-refractivity contribution in [1.82, 2.24) is 18.9 Å². The molecule has 0 radical (unpaired) electrons. The second kappa shape index (κ2) is 7.41. The fourth-order valence-corrected chi connectivity index (χ4v) is 5.23. The first-order chi connectivity index (χ1) is 15.3. The van der Waals surface area contributed by atoms with Crippen molar-refractivity contribution in [2.45, 2.75) is 51.6 Å². The van der Waals surface area contributed by atoms with Gasteiger partial charge in [0.15, 0.2) is 5.65 Å². The SMILES string of the molecule is CCn1c2ccccc2c2cc(-c3nc4cnccn4c3NC3CCCCC3)ccc21. The van der Waals surface area contributed by atoms with E-state index in [-0.39, 0.29) is 0 Å². The van der Waals surface area contributed by atoms with Crippen molar-refractivity contribution < 1.29 is 0 Å². The molecule has 0 amide bonds. The molecule has 3 aromatic heterocycles. The smallest absolute Gasteiger partial charge is 0.157 e. The highest BCUT2D eigenvalue weighted by Crippen LogP contribution is 2.36. The monoisotopic (exact) mass is 409 g/mol. The fourth-order valence-electron chi connectivity index (χ4n) is 5.23. The number of nitrogens with zero attached hydrogens (tertiary/aromatic N) is 4. The summed E-state index contributed by atoms with van der Waals surface area (Å²) in [7, 11) is 0. The first-order valence-corrected chi connectivity index (χ1v) is 11.4. The van der Waals surface area contributed by atoms with Crippen LogP contribution in [0.2, 0.25) is 0 Å². The number of aromatic nitrogens is 4. The maximum absolute atomic E-state index is 4.99. The Kier molecular flexibility index (Phi) is 4.41. The molecule has 1 saturated carbocycles. The predicted molar refractivity (Wildman–Crippen MR) is 128 cm³/mol. The largest absolute Gasteiger partial charge is 0.367 e. The van der Waals surface area contributed by atoms with E-state index >= 15 is 0 Å². The summed E-state index contributed by atoms with van der Waals surface area (Å²) < 4.78 is 4.54. The molecular weight excluding hydrogens is 382 g/mol. The minimum Gasteiger partial charge on any atom is -0.367 e. The second-order valence-electron chi connectivity index (χ2n) is 8.59. The molecule has 0 bridgehead atoms. The van der Waals surface area contributed by atoms with Crippen LogP contribution in [0.15, 0.2) is 61.1 Å². The lowest BCUT2D eigenvalue weighted by Gasteiger charge is -2.24. The van der Waals surface area contributed by atoms with E-state index in [1.807, 2.05) is 18.6 Å². The van der Waals surface area contributed by atoms with Crippen LogP contribution in [-0.2, 0) is 6.54 Å². The molecule has 6 rings (SSSR count). The van der Waals surface area contributed by atoms with Crippen LogP contribution in [0.1, 0.15) is 39.0 Å². The summed E-state index contributed by atoms with van der Waals surface area (Å²) in [6, 6.07) is 16.0. The summed E-state index contributed by atoms with van der Waals surface area (Å²) in [5.41, 5.74) is 5.60. The van der Waals surface area contributed by atoms with Gasteiger partial charge in [-0.2, -0.15) is 0 Å². The molecule has 31 heavy (non-hydrogen) atoms.